The molecule has 154 valence electrons. The van der Waals surface area contributed by atoms with Crippen molar-refractivity contribution in [1.82, 2.24) is 4.90 Å². The Kier molecular flexibility index (Phi) is 7.82. The van der Waals surface area contributed by atoms with E-state index in [-0.39, 0.29) is 22.8 Å². The van der Waals surface area contributed by atoms with Crippen molar-refractivity contribution in [3.63, 3.8) is 0 Å². The average molecular weight is 380 g/mol. The number of hydrogen-bond donors (Lipinski definition) is 0. The minimum atomic E-state index is -1.01. The van der Waals surface area contributed by atoms with Gasteiger partial charge in [-0.1, -0.05) is 47.1 Å². The third-order valence-corrected chi connectivity index (χ3v) is 5.15. The zero-order valence-electron chi connectivity index (χ0n) is 18.2. The van der Waals surface area contributed by atoms with E-state index in [9.17, 15) is 14.4 Å². The molecule has 1 fully saturated rings. The maximum absolute atomic E-state index is 13.1. The van der Waals surface area contributed by atoms with Gasteiger partial charge >= 0.3 is 5.97 Å². The summed E-state index contributed by atoms with van der Waals surface area (Å²) < 4.78 is 5.21. The second kappa shape index (κ2) is 9.03. The smallest absolute Gasteiger partial charge is 0.333 e. The van der Waals surface area contributed by atoms with Crippen LogP contribution in [0.2, 0.25) is 0 Å². The second-order valence-electron chi connectivity index (χ2n) is 9.67. The number of hydrogen-bond acceptors (Lipinski definition) is 4. The molecule has 2 unspecified atom stereocenters. The van der Waals surface area contributed by atoms with Crippen LogP contribution in [0.15, 0.2) is 12.2 Å². The highest BCUT2D eigenvalue weighted by atomic mass is 16.5. The highest BCUT2D eigenvalue weighted by molar-refractivity contribution is 5.99. The van der Waals surface area contributed by atoms with Crippen molar-refractivity contribution < 1.29 is 19.1 Å². The topological polar surface area (TPSA) is 63.7 Å². The lowest BCUT2D eigenvalue weighted by molar-refractivity contribution is -0.165. The second-order valence-corrected chi connectivity index (χ2v) is 9.67. The van der Waals surface area contributed by atoms with E-state index in [1.54, 1.807) is 0 Å². The van der Waals surface area contributed by atoms with Crippen LogP contribution in [0.5, 0.6) is 0 Å². The largest absolute Gasteiger partial charge is 0.449 e. The molecular formula is C22H37NO4. The van der Waals surface area contributed by atoms with Crippen molar-refractivity contribution in [3.8, 4) is 0 Å². The molecule has 1 rings (SSSR count). The maximum atomic E-state index is 13.1. The minimum Gasteiger partial charge on any atom is -0.449 e. The summed E-state index contributed by atoms with van der Waals surface area (Å²) in [5.74, 6) is -1.03. The highest BCUT2D eigenvalue weighted by Crippen LogP contribution is 2.37. The number of esters is 1. The van der Waals surface area contributed by atoms with Crippen molar-refractivity contribution in [2.24, 2.45) is 11.3 Å². The Hall–Kier alpha value is -1.65. The fourth-order valence-corrected chi connectivity index (χ4v) is 4.05. The van der Waals surface area contributed by atoms with Gasteiger partial charge in [0.15, 0.2) is 6.10 Å². The number of imide groups is 1. The molecule has 0 heterocycles. The van der Waals surface area contributed by atoms with Crippen molar-refractivity contribution in [2.75, 3.05) is 0 Å². The van der Waals surface area contributed by atoms with Gasteiger partial charge in [-0.15, -0.1) is 0 Å². The third-order valence-electron chi connectivity index (χ3n) is 5.15. The normalized spacial score (nSPS) is 18.5. The van der Waals surface area contributed by atoms with Gasteiger partial charge in [-0.05, 0) is 51.4 Å². The lowest BCUT2D eigenvalue weighted by atomic mass is 9.83. The molecule has 0 saturated heterocycles. The van der Waals surface area contributed by atoms with Crippen molar-refractivity contribution in [2.45, 2.75) is 98.6 Å². The molecule has 2 atom stereocenters. The first-order valence-electron chi connectivity index (χ1n) is 10.0. The van der Waals surface area contributed by atoms with E-state index >= 15 is 0 Å². The van der Waals surface area contributed by atoms with E-state index < -0.39 is 23.5 Å². The van der Waals surface area contributed by atoms with Gasteiger partial charge in [0.2, 0.25) is 5.91 Å². The van der Waals surface area contributed by atoms with Crippen LogP contribution in [0, 0.1) is 11.3 Å². The third kappa shape index (κ3) is 6.78. The Morgan fingerprint density at radius 1 is 1.15 bits per heavy atom. The first-order chi connectivity index (χ1) is 12.3. The van der Waals surface area contributed by atoms with E-state index in [1.165, 1.54) is 18.7 Å². The Morgan fingerprint density at radius 3 is 2.11 bits per heavy atom. The van der Waals surface area contributed by atoms with E-state index in [4.69, 9.17) is 4.74 Å². The summed E-state index contributed by atoms with van der Waals surface area (Å²) in [7, 11) is 0. The SMILES string of the molecule is C=C(C)C(=O)OC(C)C(=O)N(C(=O)CC(C)CC(C)(C)C)C1(C)CCCC1. The molecule has 5 nitrogen and oxygen atoms in total. The van der Waals surface area contributed by atoms with Crippen LogP contribution in [-0.2, 0) is 19.1 Å². The summed E-state index contributed by atoms with van der Waals surface area (Å²) >= 11 is 0. The molecule has 1 aliphatic rings. The molecule has 0 aliphatic heterocycles. The molecule has 0 aromatic heterocycles. The zero-order chi connectivity index (χ0) is 21.0. The van der Waals surface area contributed by atoms with Gasteiger partial charge in [-0.3, -0.25) is 14.5 Å². The molecule has 1 saturated carbocycles. The number of amides is 2. The quantitative estimate of drug-likeness (QED) is 0.477. The van der Waals surface area contributed by atoms with Gasteiger partial charge in [0.05, 0.1) is 0 Å². The fourth-order valence-electron chi connectivity index (χ4n) is 4.05. The molecule has 5 heteroatoms. The lowest BCUT2D eigenvalue weighted by Crippen LogP contribution is -2.55. The Balaban J connectivity index is 2.99. The summed E-state index contributed by atoms with van der Waals surface area (Å²) in [5, 5.41) is 0. The molecular weight excluding hydrogens is 342 g/mol. The zero-order valence-corrected chi connectivity index (χ0v) is 18.2. The predicted octanol–water partition coefficient (Wildman–Crippen LogP) is 4.64. The molecule has 0 bridgehead atoms. The minimum absolute atomic E-state index is 0.121. The Labute approximate surface area is 164 Å². The van der Waals surface area contributed by atoms with Gasteiger partial charge in [-0.25, -0.2) is 4.79 Å². The molecule has 0 N–H and O–H groups in total. The molecule has 1 aliphatic carbocycles. The Morgan fingerprint density at radius 2 is 1.67 bits per heavy atom. The lowest BCUT2D eigenvalue weighted by Gasteiger charge is -2.39. The number of carbonyl (C=O) groups is 3. The molecule has 0 aromatic rings. The Bertz CT molecular complexity index is 582. The van der Waals surface area contributed by atoms with Crippen molar-refractivity contribution in [3.05, 3.63) is 12.2 Å². The van der Waals surface area contributed by atoms with Crippen LogP contribution in [0.25, 0.3) is 0 Å². The number of ether oxygens (including phenoxy) is 1. The van der Waals surface area contributed by atoms with Crippen LogP contribution in [-0.4, -0.2) is 34.3 Å². The van der Waals surface area contributed by atoms with E-state index in [1.807, 2.05) is 13.8 Å². The highest BCUT2D eigenvalue weighted by Gasteiger charge is 2.44. The first-order valence-corrected chi connectivity index (χ1v) is 10.0. The van der Waals surface area contributed by atoms with Gasteiger partial charge < -0.3 is 4.74 Å². The number of carbonyl (C=O) groups excluding carboxylic acids is 3. The summed E-state index contributed by atoms with van der Waals surface area (Å²) in [6.07, 6.45) is 3.78. The van der Waals surface area contributed by atoms with Crippen LogP contribution in [0.1, 0.15) is 87.0 Å². The van der Waals surface area contributed by atoms with Gasteiger partial charge in [-0.2, -0.15) is 0 Å². The predicted molar refractivity (Wildman–Crippen MR) is 107 cm³/mol. The van der Waals surface area contributed by atoms with Crippen molar-refractivity contribution in [1.29, 1.82) is 0 Å². The van der Waals surface area contributed by atoms with Gasteiger partial charge in [0.1, 0.15) is 0 Å². The van der Waals surface area contributed by atoms with E-state index in [2.05, 4.69) is 27.4 Å². The summed E-state index contributed by atoms with van der Waals surface area (Å²) in [5.41, 5.74) is -0.145. The summed E-state index contributed by atoms with van der Waals surface area (Å²) in [6, 6.07) is 0. The van der Waals surface area contributed by atoms with Crippen LogP contribution in [0.3, 0.4) is 0 Å². The fraction of sp³-hybridized carbons (Fsp3) is 0.773. The van der Waals surface area contributed by atoms with Crippen LogP contribution < -0.4 is 0 Å². The summed E-state index contributed by atoms with van der Waals surface area (Å²) in [4.78, 5) is 39.5. The van der Waals surface area contributed by atoms with Crippen LogP contribution in [0.4, 0.5) is 0 Å². The molecule has 27 heavy (non-hydrogen) atoms. The summed E-state index contributed by atoms with van der Waals surface area (Å²) in [6.45, 7) is 17.1. The number of rotatable bonds is 7. The average Bonchev–Trinajstić information content (AvgIpc) is 2.91. The van der Waals surface area contributed by atoms with Crippen molar-refractivity contribution >= 4 is 17.8 Å². The standard InChI is InChI=1S/C22H37NO4/c1-15(2)20(26)27-17(4)19(25)23(22(8)11-9-10-12-22)18(24)13-16(3)14-21(5,6)7/h16-17H,1,9-14H2,2-8H3. The van der Waals surface area contributed by atoms with Gasteiger partial charge in [0, 0.05) is 17.5 Å². The molecule has 2 amide bonds. The van der Waals surface area contributed by atoms with Crippen LogP contribution >= 0.6 is 0 Å². The number of nitrogens with zero attached hydrogens (tertiary/aromatic N) is 1. The molecule has 0 radical (unpaired) electrons. The van der Waals surface area contributed by atoms with E-state index in [0.29, 0.717) is 6.42 Å². The van der Waals surface area contributed by atoms with Gasteiger partial charge in [0.25, 0.3) is 5.91 Å². The maximum Gasteiger partial charge on any atom is 0.333 e. The monoisotopic (exact) mass is 379 g/mol. The van der Waals surface area contributed by atoms with E-state index in [0.717, 1.165) is 32.1 Å². The first kappa shape index (κ1) is 23.4. The molecule has 0 spiro atoms. The molecule has 0 aromatic carbocycles.